The smallest absolute Gasteiger partial charge is 0.381 e. The van der Waals surface area contributed by atoms with E-state index in [4.69, 9.17) is 10.3 Å². The lowest BCUT2D eigenvalue weighted by Crippen LogP contribution is -2.30. The number of hydrogen-bond acceptors (Lipinski definition) is 5. The van der Waals surface area contributed by atoms with Gasteiger partial charge in [-0.2, -0.15) is 21.6 Å². The number of unbranched alkanes of at least 4 members (excludes halogenated alkanes) is 13. The van der Waals surface area contributed by atoms with Crippen molar-refractivity contribution in [3.8, 4) is 0 Å². The average Bonchev–Trinajstić information content (AvgIpc) is 2.70. The van der Waals surface area contributed by atoms with Gasteiger partial charge in [0, 0.05) is 11.5 Å². The largest absolute Gasteiger partial charge is 0.523 e. The molecule has 7 nitrogen and oxygen atoms in total. The van der Waals surface area contributed by atoms with E-state index in [2.05, 4.69) is 21.1 Å². The van der Waals surface area contributed by atoms with Crippen molar-refractivity contribution in [1.29, 1.82) is 0 Å². The zero-order valence-corrected chi connectivity index (χ0v) is 19.4. The normalized spacial score (nSPS) is 13.2. The summed E-state index contributed by atoms with van der Waals surface area (Å²) < 4.78 is 67.6. The molecule has 31 heavy (non-hydrogen) atoms. The van der Waals surface area contributed by atoms with Crippen molar-refractivity contribution in [2.75, 3.05) is 19.8 Å². The predicted molar refractivity (Wildman–Crippen MR) is 115 cm³/mol. The van der Waals surface area contributed by atoms with E-state index < -0.39 is 28.3 Å². The maximum atomic E-state index is 12.2. The predicted octanol–water partition coefficient (Wildman–Crippen LogP) is 7.03. The maximum Gasteiger partial charge on any atom is 0.523 e. The van der Waals surface area contributed by atoms with Crippen molar-refractivity contribution in [2.24, 2.45) is 5.11 Å². The van der Waals surface area contributed by atoms with Crippen molar-refractivity contribution in [2.45, 2.75) is 108 Å². The van der Waals surface area contributed by atoms with Crippen LogP contribution in [0.25, 0.3) is 10.4 Å². The second-order valence-electron chi connectivity index (χ2n) is 7.71. The van der Waals surface area contributed by atoms with Crippen molar-refractivity contribution in [3.63, 3.8) is 0 Å². The summed E-state index contributed by atoms with van der Waals surface area (Å²) in [4.78, 5) is 2.48. The Morgan fingerprint density at radius 2 is 1.29 bits per heavy atom. The van der Waals surface area contributed by atoms with E-state index in [0.717, 1.165) is 19.3 Å². The fraction of sp³-hybridized carbons (Fsp3) is 1.00. The van der Waals surface area contributed by atoms with Crippen LogP contribution in [0.5, 0.6) is 0 Å². The van der Waals surface area contributed by atoms with E-state index >= 15 is 0 Å². The van der Waals surface area contributed by atoms with E-state index in [-0.39, 0.29) is 6.61 Å². The summed E-state index contributed by atoms with van der Waals surface area (Å²) in [5.74, 6) is 0. The van der Waals surface area contributed by atoms with Crippen LogP contribution in [0.15, 0.2) is 5.11 Å². The Bertz CT molecular complexity index is 583. The third kappa shape index (κ3) is 17.2. The lowest BCUT2D eigenvalue weighted by atomic mass is 10.0. The van der Waals surface area contributed by atoms with Crippen molar-refractivity contribution < 1.29 is 30.5 Å². The number of rotatable bonds is 21. The molecule has 1 unspecified atom stereocenters. The molecule has 0 spiro atoms. The topological polar surface area (TPSA) is 101 Å². The number of alkyl halides is 3. The third-order valence-corrected chi connectivity index (χ3v) is 5.88. The molecule has 0 radical (unpaired) electrons. The minimum atomic E-state index is -5.71. The Balaban J connectivity index is 3.62. The van der Waals surface area contributed by atoms with Crippen LogP contribution in [-0.2, 0) is 19.0 Å². The molecule has 0 aromatic rings. The van der Waals surface area contributed by atoms with Crippen molar-refractivity contribution in [1.82, 2.24) is 0 Å². The molecular weight excluding hydrogens is 435 g/mol. The van der Waals surface area contributed by atoms with Gasteiger partial charge < -0.3 is 4.74 Å². The fourth-order valence-electron chi connectivity index (χ4n) is 3.04. The summed E-state index contributed by atoms with van der Waals surface area (Å²) in [5, 5.41) is 3.22. The molecule has 0 bridgehead atoms. The highest BCUT2D eigenvalue weighted by atomic mass is 32.2. The molecule has 1 atom stereocenters. The molecule has 184 valence electrons. The number of hydrogen-bond donors (Lipinski definition) is 0. The van der Waals surface area contributed by atoms with Gasteiger partial charge in [-0.25, -0.2) is 0 Å². The Morgan fingerprint density at radius 1 is 0.839 bits per heavy atom. The molecule has 0 saturated carbocycles. The molecule has 0 aliphatic carbocycles. The van der Waals surface area contributed by atoms with Crippen LogP contribution in [-0.4, -0.2) is 39.8 Å². The van der Waals surface area contributed by atoms with Gasteiger partial charge in [0.15, 0.2) is 0 Å². The highest BCUT2D eigenvalue weighted by Gasteiger charge is 2.47. The molecule has 11 heteroatoms. The zero-order valence-electron chi connectivity index (χ0n) is 18.6. The summed E-state index contributed by atoms with van der Waals surface area (Å²) in [7, 11) is -5.71. The number of azide groups is 1. The molecule has 0 aromatic carbocycles. The van der Waals surface area contributed by atoms with Gasteiger partial charge in [0.05, 0.1) is 19.3 Å². The van der Waals surface area contributed by atoms with Gasteiger partial charge in [-0.3, -0.25) is 4.18 Å². The third-order valence-electron chi connectivity index (χ3n) is 4.87. The van der Waals surface area contributed by atoms with Gasteiger partial charge in [-0.15, -0.1) is 0 Å². The second-order valence-corrected chi connectivity index (χ2v) is 9.32. The quantitative estimate of drug-likeness (QED) is 0.0446. The summed E-state index contributed by atoms with van der Waals surface area (Å²) in [6, 6.07) is -1.14. The van der Waals surface area contributed by atoms with Crippen LogP contribution in [0.2, 0.25) is 0 Å². The van der Waals surface area contributed by atoms with E-state index in [0.29, 0.717) is 6.61 Å². The molecule has 0 aliphatic heterocycles. The van der Waals surface area contributed by atoms with Crippen LogP contribution >= 0.6 is 0 Å². The molecule has 0 aromatic heterocycles. The minimum absolute atomic E-state index is 0.199. The first kappa shape index (κ1) is 30.0. The Kier molecular flexibility index (Phi) is 17.9. The standard InChI is InChI=1S/C20H38F3N3O4S/c1-2-3-4-5-6-7-8-9-10-11-12-13-14-15-16-29-17-19(25-26-24)18-30-31(27,28)20(21,22)23/h19H,2-18H2,1H3. The fourth-order valence-corrected chi connectivity index (χ4v) is 3.51. The monoisotopic (exact) mass is 473 g/mol. The van der Waals surface area contributed by atoms with Crippen LogP contribution in [0.4, 0.5) is 13.2 Å². The molecule has 0 N–H and O–H groups in total. The zero-order chi connectivity index (χ0) is 23.4. The summed E-state index contributed by atoms with van der Waals surface area (Å²) >= 11 is 0. The molecule has 0 heterocycles. The Hall–Kier alpha value is -1.03. The van der Waals surface area contributed by atoms with Crippen LogP contribution in [0, 0.1) is 0 Å². The first-order valence-corrected chi connectivity index (χ1v) is 12.7. The molecule has 0 fully saturated rings. The first-order valence-electron chi connectivity index (χ1n) is 11.3. The van der Waals surface area contributed by atoms with Crippen molar-refractivity contribution in [3.05, 3.63) is 10.4 Å². The van der Waals surface area contributed by atoms with Gasteiger partial charge in [-0.05, 0) is 12.0 Å². The molecule has 0 rings (SSSR count). The van der Waals surface area contributed by atoms with Gasteiger partial charge in [0.25, 0.3) is 0 Å². The van der Waals surface area contributed by atoms with Crippen LogP contribution < -0.4 is 0 Å². The lowest BCUT2D eigenvalue weighted by molar-refractivity contribution is -0.0549. The maximum absolute atomic E-state index is 12.2. The molecular formula is C20H38F3N3O4S. The van der Waals surface area contributed by atoms with Crippen molar-refractivity contribution >= 4 is 10.1 Å². The Morgan fingerprint density at radius 3 is 1.71 bits per heavy atom. The van der Waals surface area contributed by atoms with Crippen LogP contribution in [0.3, 0.4) is 0 Å². The van der Waals surface area contributed by atoms with Crippen LogP contribution in [0.1, 0.15) is 96.8 Å². The first-order chi connectivity index (χ1) is 14.7. The molecule has 0 aliphatic rings. The van der Waals surface area contributed by atoms with Gasteiger partial charge in [0.1, 0.15) is 0 Å². The highest BCUT2D eigenvalue weighted by molar-refractivity contribution is 7.87. The van der Waals surface area contributed by atoms with E-state index in [1.165, 1.54) is 70.6 Å². The number of ether oxygens (including phenoxy) is 1. The van der Waals surface area contributed by atoms with Gasteiger partial charge >= 0.3 is 15.6 Å². The SMILES string of the molecule is CCCCCCCCCCCCCCCCOCC(COS(=O)(=O)C(F)(F)F)N=[N+]=[N-]. The van der Waals surface area contributed by atoms with E-state index in [9.17, 15) is 21.6 Å². The number of nitrogens with zero attached hydrogens (tertiary/aromatic N) is 3. The average molecular weight is 474 g/mol. The number of halogens is 3. The molecule has 0 saturated heterocycles. The van der Waals surface area contributed by atoms with Gasteiger partial charge in [-0.1, -0.05) is 95.5 Å². The second kappa shape index (κ2) is 18.5. The van der Waals surface area contributed by atoms with Gasteiger partial charge in [0.2, 0.25) is 0 Å². The van der Waals surface area contributed by atoms with E-state index in [1.807, 2.05) is 0 Å². The highest BCUT2D eigenvalue weighted by Crippen LogP contribution is 2.24. The summed E-state index contributed by atoms with van der Waals surface area (Å²) in [5.41, 5.74) is 2.93. The Labute approximate surface area is 184 Å². The lowest BCUT2D eigenvalue weighted by Gasteiger charge is -2.13. The summed E-state index contributed by atoms with van der Waals surface area (Å²) in [6.45, 7) is 1.48. The minimum Gasteiger partial charge on any atom is -0.381 e. The summed E-state index contributed by atoms with van der Waals surface area (Å²) in [6.07, 6.45) is 17.2. The van der Waals surface area contributed by atoms with E-state index in [1.54, 1.807) is 0 Å². The molecule has 0 amide bonds.